The van der Waals surface area contributed by atoms with Gasteiger partial charge in [-0.1, -0.05) is 12.6 Å². The first kappa shape index (κ1) is 13.9. The van der Waals surface area contributed by atoms with Crippen molar-refractivity contribution in [1.29, 1.82) is 0 Å². The van der Waals surface area contributed by atoms with Gasteiger partial charge in [0.2, 0.25) is 0 Å². The molecule has 0 aliphatic carbocycles. The van der Waals surface area contributed by atoms with Crippen LogP contribution < -0.4 is 5.19 Å². The Balaban J connectivity index is 3.31. The van der Waals surface area contributed by atoms with Crippen molar-refractivity contribution in [3.05, 3.63) is 30.3 Å². The highest BCUT2D eigenvalue weighted by Gasteiger charge is 2.41. The van der Waals surface area contributed by atoms with Crippen molar-refractivity contribution in [3.63, 3.8) is 0 Å². The molecule has 0 aliphatic rings. The first-order valence-electron chi connectivity index (χ1n) is 5.15. The van der Waals surface area contributed by atoms with Gasteiger partial charge >= 0.3 is 8.80 Å². The maximum absolute atomic E-state index is 9.72. The van der Waals surface area contributed by atoms with Crippen LogP contribution in [0.15, 0.2) is 24.8 Å². The lowest BCUT2D eigenvalue weighted by molar-refractivity contribution is 0.140. The Morgan fingerprint density at radius 1 is 1.18 bits per heavy atom. The van der Waals surface area contributed by atoms with Gasteiger partial charge in [0.25, 0.3) is 0 Å². The van der Waals surface area contributed by atoms with E-state index in [9.17, 15) is 5.11 Å². The van der Waals surface area contributed by atoms with Crippen LogP contribution in [-0.2, 0) is 13.3 Å². The lowest BCUT2D eigenvalue weighted by Crippen LogP contribution is -2.54. The molecule has 0 heterocycles. The van der Waals surface area contributed by atoms with E-state index in [2.05, 4.69) is 6.58 Å². The first-order valence-corrected chi connectivity index (χ1v) is 6.88. The molecule has 0 aliphatic heterocycles. The second-order valence-corrected chi connectivity index (χ2v) is 6.60. The van der Waals surface area contributed by atoms with Crippen molar-refractivity contribution < 1.29 is 18.4 Å². The number of benzene rings is 1. The van der Waals surface area contributed by atoms with Gasteiger partial charge in [0.1, 0.15) is 5.75 Å². The Morgan fingerprint density at radius 2 is 1.71 bits per heavy atom. The van der Waals surface area contributed by atoms with Crippen LogP contribution in [0.3, 0.4) is 0 Å². The Hall–Kier alpha value is -1.14. The number of allylic oxidation sites excluding steroid dienone is 1. The van der Waals surface area contributed by atoms with Gasteiger partial charge in [-0.15, -0.1) is 0 Å². The zero-order valence-corrected chi connectivity index (χ0v) is 11.6. The molecule has 1 rings (SSSR count). The molecule has 0 aromatic heterocycles. The molecule has 5 heteroatoms. The molecule has 0 bridgehead atoms. The maximum atomic E-state index is 9.72. The van der Waals surface area contributed by atoms with Crippen LogP contribution in [0.1, 0.15) is 12.5 Å². The van der Waals surface area contributed by atoms with E-state index in [0.29, 0.717) is 5.56 Å². The second-order valence-electron chi connectivity index (χ2n) is 3.68. The minimum absolute atomic E-state index is 0.187. The molecule has 0 saturated carbocycles. The zero-order chi connectivity index (χ0) is 13.1. The summed E-state index contributed by atoms with van der Waals surface area (Å²) in [5, 5.41) is 10.5. The van der Waals surface area contributed by atoms with Crippen LogP contribution in [-0.4, -0.2) is 35.2 Å². The largest absolute Gasteiger partial charge is 0.536 e. The van der Waals surface area contributed by atoms with Crippen molar-refractivity contribution in [2.24, 2.45) is 0 Å². The summed E-state index contributed by atoms with van der Waals surface area (Å²) in [6.45, 7) is 5.65. The first-order chi connectivity index (χ1) is 8.00. The van der Waals surface area contributed by atoms with Crippen molar-refractivity contribution >= 4 is 19.6 Å². The van der Waals surface area contributed by atoms with E-state index in [1.807, 2.05) is 6.92 Å². The Bertz CT molecular complexity index is 405. The van der Waals surface area contributed by atoms with Crippen LogP contribution in [0.5, 0.6) is 5.75 Å². The van der Waals surface area contributed by atoms with Crippen molar-refractivity contribution in [3.8, 4) is 5.75 Å². The molecule has 0 fully saturated rings. The number of hydrogen-bond donors (Lipinski definition) is 1. The molecule has 0 spiro atoms. The summed E-state index contributed by atoms with van der Waals surface area (Å²) >= 11 is 0. The third-order valence-electron chi connectivity index (χ3n) is 2.62. The second kappa shape index (κ2) is 5.46. The SMILES string of the molecule is C=C(C)c1cc([Si](OC)(OC)OC)ccc1O. The van der Waals surface area contributed by atoms with Crippen LogP contribution in [0, 0.1) is 0 Å². The Labute approximate surface area is 103 Å². The molecule has 1 aromatic rings. The van der Waals surface area contributed by atoms with E-state index in [1.165, 1.54) is 0 Å². The Kier molecular flexibility index (Phi) is 4.47. The highest BCUT2D eigenvalue weighted by molar-refractivity contribution is 6.75. The highest BCUT2D eigenvalue weighted by Crippen LogP contribution is 2.23. The van der Waals surface area contributed by atoms with E-state index in [1.54, 1.807) is 39.5 Å². The van der Waals surface area contributed by atoms with E-state index in [-0.39, 0.29) is 5.75 Å². The average molecular weight is 254 g/mol. The van der Waals surface area contributed by atoms with Crippen LogP contribution in [0.2, 0.25) is 0 Å². The molecule has 17 heavy (non-hydrogen) atoms. The quantitative estimate of drug-likeness (QED) is 0.809. The van der Waals surface area contributed by atoms with Crippen LogP contribution >= 0.6 is 0 Å². The number of phenols is 1. The maximum Gasteiger partial charge on any atom is 0.536 e. The van der Waals surface area contributed by atoms with Crippen molar-refractivity contribution in [1.82, 2.24) is 0 Å². The summed E-state index contributed by atoms with van der Waals surface area (Å²) in [6.07, 6.45) is 0. The van der Waals surface area contributed by atoms with Gasteiger partial charge in [0.05, 0.1) is 0 Å². The molecule has 1 aromatic carbocycles. The van der Waals surface area contributed by atoms with Gasteiger partial charge in [0.15, 0.2) is 0 Å². The summed E-state index contributed by atoms with van der Waals surface area (Å²) in [5.41, 5.74) is 1.45. The monoisotopic (exact) mass is 254 g/mol. The molecule has 0 saturated heterocycles. The lowest BCUT2D eigenvalue weighted by atomic mass is 10.1. The molecule has 94 valence electrons. The summed E-state index contributed by atoms with van der Waals surface area (Å²) in [7, 11) is 1.80. The molecule has 1 N–H and O–H groups in total. The molecule has 0 amide bonds. The Morgan fingerprint density at radius 3 is 2.12 bits per heavy atom. The summed E-state index contributed by atoms with van der Waals surface area (Å²) in [5.74, 6) is 0.187. The summed E-state index contributed by atoms with van der Waals surface area (Å²) in [4.78, 5) is 0. The van der Waals surface area contributed by atoms with Gasteiger partial charge in [-0.2, -0.15) is 0 Å². The standard InChI is InChI=1S/C12H18O4Si/c1-9(2)11-8-10(6-7-12(11)13)17(14-3,15-4)16-5/h6-8,13H,1H2,2-5H3. The smallest absolute Gasteiger partial charge is 0.507 e. The van der Waals surface area contributed by atoms with Gasteiger partial charge in [-0.3, -0.25) is 0 Å². The molecular formula is C12H18O4Si. The highest BCUT2D eigenvalue weighted by atomic mass is 28.4. The van der Waals surface area contributed by atoms with E-state index >= 15 is 0 Å². The van der Waals surface area contributed by atoms with Crippen molar-refractivity contribution in [2.45, 2.75) is 6.92 Å². The van der Waals surface area contributed by atoms with Gasteiger partial charge in [-0.25, -0.2) is 0 Å². The predicted octanol–water partition coefficient (Wildman–Crippen LogP) is 1.51. The van der Waals surface area contributed by atoms with Crippen LogP contribution in [0.4, 0.5) is 0 Å². The fraction of sp³-hybridized carbons (Fsp3) is 0.333. The fourth-order valence-electron chi connectivity index (χ4n) is 1.67. The molecule has 0 atom stereocenters. The number of phenolic OH excluding ortho intramolecular Hbond substituents is 1. The van der Waals surface area contributed by atoms with E-state index in [4.69, 9.17) is 13.3 Å². The normalized spacial score (nSPS) is 11.5. The topological polar surface area (TPSA) is 47.9 Å². The predicted molar refractivity (Wildman–Crippen MR) is 69.2 cm³/mol. The average Bonchev–Trinajstić information content (AvgIpc) is 2.33. The fourth-order valence-corrected chi connectivity index (χ4v) is 3.49. The minimum Gasteiger partial charge on any atom is -0.507 e. The van der Waals surface area contributed by atoms with E-state index in [0.717, 1.165) is 10.8 Å². The van der Waals surface area contributed by atoms with E-state index < -0.39 is 8.80 Å². The molecule has 0 radical (unpaired) electrons. The van der Waals surface area contributed by atoms with Gasteiger partial charge in [-0.05, 0) is 24.6 Å². The zero-order valence-electron chi connectivity index (χ0n) is 10.6. The molecule has 4 nitrogen and oxygen atoms in total. The third-order valence-corrected chi connectivity index (χ3v) is 5.25. The van der Waals surface area contributed by atoms with Gasteiger partial charge in [0, 0.05) is 32.1 Å². The number of aromatic hydroxyl groups is 1. The molecular weight excluding hydrogens is 236 g/mol. The van der Waals surface area contributed by atoms with Crippen molar-refractivity contribution in [2.75, 3.05) is 21.3 Å². The number of hydrogen-bond acceptors (Lipinski definition) is 4. The lowest BCUT2D eigenvalue weighted by Gasteiger charge is -2.25. The molecule has 0 unspecified atom stereocenters. The third kappa shape index (κ3) is 2.58. The minimum atomic E-state index is -2.85. The number of rotatable bonds is 5. The van der Waals surface area contributed by atoms with Crippen LogP contribution in [0.25, 0.3) is 5.57 Å². The van der Waals surface area contributed by atoms with Gasteiger partial charge < -0.3 is 18.4 Å². The summed E-state index contributed by atoms with van der Waals surface area (Å²) < 4.78 is 16.1. The summed E-state index contributed by atoms with van der Waals surface area (Å²) in [6, 6.07) is 5.13.